The highest BCUT2D eigenvalue weighted by Crippen LogP contribution is 1.81. The Morgan fingerprint density at radius 3 is 2.50 bits per heavy atom. The second-order valence-corrected chi connectivity index (χ2v) is 0.940. The van der Waals surface area contributed by atoms with Crippen molar-refractivity contribution in [2.24, 2.45) is 5.73 Å². The fraction of sp³-hybridized carbons (Fsp3) is 0.500. The molecule has 0 aliphatic rings. The SMILES string of the molecule is N[CH][CH]CCO. The van der Waals surface area contributed by atoms with Crippen molar-refractivity contribution in [2.75, 3.05) is 6.61 Å². The third-order valence-corrected chi connectivity index (χ3v) is 0.432. The Balaban J connectivity index is 2.34. The summed E-state index contributed by atoms with van der Waals surface area (Å²) in [7, 11) is 0. The van der Waals surface area contributed by atoms with Crippen LogP contribution in [-0.4, -0.2) is 11.7 Å². The summed E-state index contributed by atoms with van der Waals surface area (Å²) in [6.07, 6.45) is 2.37. The predicted octanol–water partition coefficient (Wildman–Crippen LogP) is -0.306. The van der Waals surface area contributed by atoms with Crippen molar-refractivity contribution >= 4 is 0 Å². The molecule has 0 aromatic carbocycles. The Hall–Kier alpha value is -0.0800. The quantitative estimate of drug-likeness (QED) is 0.464. The Labute approximate surface area is 38.0 Å². The molecule has 0 aromatic heterocycles. The Morgan fingerprint density at radius 1 is 1.67 bits per heavy atom. The van der Waals surface area contributed by atoms with E-state index in [1.165, 1.54) is 6.54 Å². The van der Waals surface area contributed by atoms with Crippen LogP contribution < -0.4 is 5.73 Å². The molecule has 0 atom stereocenters. The maximum absolute atomic E-state index is 8.09. The van der Waals surface area contributed by atoms with Gasteiger partial charge in [-0.15, -0.1) is 0 Å². The fourth-order valence-electron chi connectivity index (χ4n) is 0.171. The molecular weight excluding hydrogens is 78.0 g/mol. The molecule has 0 rings (SSSR count). The standard InChI is InChI=1S/C4H9NO/c5-3-1-2-4-6/h1,3,6H,2,4-5H2. The summed E-state index contributed by atoms with van der Waals surface area (Å²) in [6, 6.07) is 0. The zero-order valence-corrected chi connectivity index (χ0v) is 3.59. The highest BCUT2D eigenvalue weighted by Gasteiger charge is 1.77. The molecule has 3 N–H and O–H groups in total. The minimum atomic E-state index is 0.188. The van der Waals surface area contributed by atoms with Crippen LogP contribution in [0.2, 0.25) is 0 Å². The second kappa shape index (κ2) is 4.92. The van der Waals surface area contributed by atoms with Gasteiger partial charge in [0.05, 0.1) is 0 Å². The van der Waals surface area contributed by atoms with Gasteiger partial charge in [0.15, 0.2) is 0 Å². The van der Waals surface area contributed by atoms with E-state index in [1.807, 2.05) is 0 Å². The zero-order chi connectivity index (χ0) is 4.83. The Kier molecular flexibility index (Phi) is 4.85. The number of unbranched alkanes of at least 4 members (excludes halogenated alkanes) is 1. The van der Waals surface area contributed by atoms with Gasteiger partial charge in [-0.3, -0.25) is 0 Å². The number of aliphatic hydroxyl groups excluding tert-OH is 1. The van der Waals surface area contributed by atoms with Gasteiger partial charge in [0.2, 0.25) is 0 Å². The van der Waals surface area contributed by atoms with Crippen LogP contribution in [0, 0.1) is 13.0 Å². The molecule has 0 amide bonds. The molecule has 0 saturated heterocycles. The molecule has 2 heteroatoms. The molecule has 0 heterocycles. The molecule has 0 aliphatic carbocycles. The molecule has 0 aromatic rings. The molecule has 0 bridgehead atoms. The lowest BCUT2D eigenvalue weighted by Gasteiger charge is -1.85. The van der Waals surface area contributed by atoms with Crippen molar-refractivity contribution in [1.82, 2.24) is 0 Å². The van der Waals surface area contributed by atoms with Crippen molar-refractivity contribution in [3.05, 3.63) is 13.0 Å². The number of aliphatic hydroxyl groups is 1. The molecule has 0 fully saturated rings. The first kappa shape index (κ1) is 5.92. The number of rotatable bonds is 3. The minimum Gasteiger partial charge on any atom is -0.396 e. The number of hydrogen-bond donors (Lipinski definition) is 2. The largest absolute Gasteiger partial charge is 0.396 e. The van der Waals surface area contributed by atoms with E-state index in [2.05, 4.69) is 0 Å². The van der Waals surface area contributed by atoms with E-state index in [-0.39, 0.29) is 6.61 Å². The van der Waals surface area contributed by atoms with Gasteiger partial charge in [-0.05, 0) is 12.8 Å². The molecule has 2 nitrogen and oxygen atoms in total. The van der Waals surface area contributed by atoms with Crippen LogP contribution in [0.3, 0.4) is 0 Å². The van der Waals surface area contributed by atoms with Crippen LogP contribution >= 0.6 is 0 Å². The van der Waals surface area contributed by atoms with E-state index in [4.69, 9.17) is 10.8 Å². The number of hydrogen-bond acceptors (Lipinski definition) is 2. The van der Waals surface area contributed by atoms with Gasteiger partial charge in [-0.1, -0.05) is 0 Å². The van der Waals surface area contributed by atoms with E-state index in [1.54, 1.807) is 6.42 Å². The van der Waals surface area contributed by atoms with Gasteiger partial charge in [-0.2, -0.15) is 0 Å². The predicted molar refractivity (Wildman–Crippen MR) is 24.5 cm³/mol. The second-order valence-electron chi connectivity index (χ2n) is 0.940. The highest BCUT2D eigenvalue weighted by molar-refractivity contribution is 4.75. The van der Waals surface area contributed by atoms with Crippen molar-refractivity contribution in [1.29, 1.82) is 0 Å². The van der Waals surface area contributed by atoms with Gasteiger partial charge < -0.3 is 10.8 Å². The van der Waals surface area contributed by atoms with Crippen LogP contribution in [0.25, 0.3) is 0 Å². The molecule has 0 aliphatic heterocycles. The van der Waals surface area contributed by atoms with Crippen LogP contribution in [-0.2, 0) is 0 Å². The third kappa shape index (κ3) is 3.92. The van der Waals surface area contributed by atoms with E-state index in [0.717, 1.165) is 0 Å². The zero-order valence-electron chi connectivity index (χ0n) is 3.59. The van der Waals surface area contributed by atoms with E-state index < -0.39 is 0 Å². The van der Waals surface area contributed by atoms with E-state index >= 15 is 0 Å². The van der Waals surface area contributed by atoms with Gasteiger partial charge in [0.25, 0.3) is 0 Å². The number of nitrogens with two attached hydrogens (primary N) is 1. The van der Waals surface area contributed by atoms with Crippen LogP contribution in [0.1, 0.15) is 6.42 Å². The first-order valence-corrected chi connectivity index (χ1v) is 1.89. The molecule has 2 radical (unpaired) electrons. The summed E-state index contributed by atoms with van der Waals surface area (Å²) < 4.78 is 0. The lowest BCUT2D eigenvalue weighted by Crippen LogP contribution is -1.92. The minimum absolute atomic E-state index is 0.188. The lowest BCUT2D eigenvalue weighted by atomic mass is 10.3. The average molecular weight is 87.1 g/mol. The summed E-state index contributed by atoms with van der Waals surface area (Å²) in [4.78, 5) is 0. The van der Waals surface area contributed by atoms with Crippen LogP contribution in [0.15, 0.2) is 0 Å². The van der Waals surface area contributed by atoms with Crippen molar-refractivity contribution in [3.8, 4) is 0 Å². The smallest absolute Gasteiger partial charge is 0.0434 e. The van der Waals surface area contributed by atoms with Crippen molar-refractivity contribution in [2.45, 2.75) is 6.42 Å². The van der Waals surface area contributed by atoms with E-state index in [0.29, 0.717) is 6.42 Å². The summed E-state index contributed by atoms with van der Waals surface area (Å²) >= 11 is 0. The van der Waals surface area contributed by atoms with Crippen LogP contribution in [0.5, 0.6) is 0 Å². The first-order chi connectivity index (χ1) is 2.91. The first-order valence-electron chi connectivity index (χ1n) is 1.89. The maximum atomic E-state index is 8.09. The molecular formula is C4H9NO. The topological polar surface area (TPSA) is 46.2 Å². The van der Waals surface area contributed by atoms with Crippen molar-refractivity contribution < 1.29 is 5.11 Å². The molecule has 6 heavy (non-hydrogen) atoms. The molecule has 0 spiro atoms. The van der Waals surface area contributed by atoms with E-state index in [9.17, 15) is 0 Å². The Morgan fingerprint density at radius 2 is 2.33 bits per heavy atom. The summed E-state index contributed by atoms with van der Waals surface area (Å²) in [5.41, 5.74) is 4.92. The highest BCUT2D eigenvalue weighted by atomic mass is 16.2. The van der Waals surface area contributed by atoms with Gasteiger partial charge >= 0.3 is 0 Å². The summed E-state index contributed by atoms with van der Waals surface area (Å²) in [6.45, 7) is 1.62. The molecule has 36 valence electrons. The average Bonchev–Trinajstić information content (AvgIpc) is 1.61. The van der Waals surface area contributed by atoms with Gasteiger partial charge in [0, 0.05) is 13.2 Å². The Bertz CT molecular complexity index is 19.5. The lowest BCUT2D eigenvalue weighted by molar-refractivity contribution is 0.299. The van der Waals surface area contributed by atoms with Crippen molar-refractivity contribution in [3.63, 3.8) is 0 Å². The van der Waals surface area contributed by atoms with Crippen LogP contribution in [0.4, 0.5) is 0 Å². The maximum Gasteiger partial charge on any atom is 0.0434 e. The fourth-order valence-corrected chi connectivity index (χ4v) is 0.171. The normalized spacial score (nSPS) is 9.00. The summed E-state index contributed by atoms with van der Waals surface area (Å²) in [5, 5.41) is 8.09. The molecule has 0 saturated carbocycles. The monoisotopic (exact) mass is 87.1 g/mol. The summed E-state index contributed by atoms with van der Waals surface area (Å²) in [5.74, 6) is 0. The van der Waals surface area contributed by atoms with Gasteiger partial charge in [0.1, 0.15) is 0 Å². The molecule has 0 unspecified atom stereocenters. The third-order valence-electron chi connectivity index (χ3n) is 0.432. The van der Waals surface area contributed by atoms with Gasteiger partial charge in [-0.25, -0.2) is 0 Å².